The van der Waals surface area contributed by atoms with Crippen molar-refractivity contribution in [3.63, 3.8) is 0 Å². The Bertz CT molecular complexity index is 331. The molecule has 0 aliphatic rings. The zero-order valence-corrected chi connectivity index (χ0v) is 10.8. The van der Waals surface area contributed by atoms with E-state index in [0.717, 1.165) is 23.8 Å². The van der Waals surface area contributed by atoms with Crippen LogP contribution < -0.4 is 10.2 Å². The van der Waals surface area contributed by atoms with Crippen LogP contribution in [0.3, 0.4) is 0 Å². The van der Waals surface area contributed by atoms with Gasteiger partial charge in [-0.25, -0.2) is 0 Å². The molecule has 0 aliphatic heterocycles. The van der Waals surface area contributed by atoms with Crippen LogP contribution in [0.5, 0.6) is 0 Å². The van der Waals surface area contributed by atoms with Crippen molar-refractivity contribution in [1.82, 2.24) is 5.32 Å². The first kappa shape index (κ1) is 13.3. The van der Waals surface area contributed by atoms with Crippen LogP contribution in [0.2, 0.25) is 5.02 Å². The molecule has 0 saturated heterocycles. The fourth-order valence-electron chi connectivity index (χ4n) is 1.58. The predicted octanol–water partition coefficient (Wildman–Crippen LogP) is 2.14. The van der Waals surface area contributed by atoms with Crippen LogP contribution in [0.1, 0.15) is 5.56 Å². The molecule has 3 nitrogen and oxygen atoms in total. The van der Waals surface area contributed by atoms with Crippen LogP contribution in [-0.4, -0.2) is 34.4 Å². The average molecular weight is 243 g/mol. The van der Waals surface area contributed by atoms with Crippen LogP contribution in [0.4, 0.5) is 5.69 Å². The number of ether oxygens (including phenoxy) is 1. The number of likely N-dealkylation sites (N-methyl/N-ethyl adjacent to an activating group) is 1. The summed E-state index contributed by atoms with van der Waals surface area (Å²) in [6.07, 6.45) is 0. The topological polar surface area (TPSA) is 24.5 Å². The molecule has 0 aliphatic carbocycles. The van der Waals surface area contributed by atoms with E-state index in [-0.39, 0.29) is 0 Å². The zero-order valence-electron chi connectivity index (χ0n) is 10.1. The molecule has 4 heteroatoms. The summed E-state index contributed by atoms with van der Waals surface area (Å²) in [6, 6.07) is 5.96. The van der Waals surface area contributed by atoms with Crippen molar-refractivity contribution >= 4 is 17.3 Å². The van der Waals surface area contributed by atoms with E-state index in [1.807, 2.05) is 26.2 Å². The third kappa shape index (κ3) is 3.67. The molecule has 1 N–H and O–H groups in total. The first-order chi connectivity index (χ1) is 7.69. The van der Waals surface area contributed by atoms with Crippen molar-refractivity contribution in [3.8, 4) is 0 Å². The van der Waals surface area contributed by atoms with E-state index in [1.165, 1.54) is 5.56 Å². The van der Waals surface area contributed by atoms with Crippen LogP contribution >= 0.6 is 11.6 Å². The van der Waals surface area contributed by atoms with Crippen molar-refractivity contribution < 1.29 is 4.74 Å². The van der Waals surface area contributed by atoms with Gasteiger partial charge in [-0.05, 0) is 24.7 Å². The largest absolute Gasteiger partial charge is 0.383 e. The number of anilines is 1. The van der Waals surface area contributed by atoms with Crippen LogP contribution in [0, 0.1) is 0 Å². The van der Waals surface area contributed by atoms with E-state index in [1.54, 1.807) is 7.11 Å². The molecule has 0 radical (unpaired) electrons. The minimum absolute atomic E-state index is 0.710. The molecule has 0 aromatic heterocycles. The van der Waals surface area contributed by atoms with Crippen molar-refractivity contribution in [2.75, 3.05) is 39.3 Å². The maximum absolute atomic E-state index is 6.02. The molecular weight excluding hydrogens is 224 g/mol. The molecule has 0 atom stereocenters. The van der Waals surface area contributed by atoms with E-state index >= 15 is 0 Å². The van der Waals surface area contributed by atoms with E-state index in [0.29, 0.717) is 6.61 Å². The molecule has 1 aromatic carbocycles. The van der Waals surface area contributed by atoms with Gasteiger partial charge in [0.05, 0.1) is 6.61 Å². The lowest BCUT2D eigenvalue weighted by molar-refractivity contribution is 0.206. The Morgan fingerprint density at radius 3 is 2.81 bits per heavy atom. The number of rotatable bonds is 6. The Balaban J connectivity index is 2.85. The maximum atomic E-state index is 6.02. The number of hydrogen-bond donors (Lipinski definition) is 1. The molecule has 90 valence electrons. The second-order valence-electron chi connectivity index (χ2n) is 3.72. The third-order valence-corrected chi connectivity index (χ3v) is 2.69. The zero-order chi connectivity index (χ0) is 12.0. The number of benzene rings is 1. The van der Waals surface area contributed by atoms with Gasteiger partial charge in [-0.15, -0.1) is 0 Å². The smallest absolute Gasteiger partial charge is 0.0637 e. The van der Waals surface area contributed by atoms with Crippen LogP contribution in [0.15, 0.2) is 18.2 Å². The molecule has 0 fully saturated rings. The summed E-state index contributed by atoms with van der Waals surface area (Å²) < 4.78 is 5.07. The highest BCUT2D eigenvalue weighted by atomic mass is 35.5. The molecular formula is C12H19ClN2O. The van der Waals surface area contributed by atoms with Gasteiger partial charge in [-0.2, -0.15) is 0 Å². The normalized spacial score (nSPS) is 10.5. The first-order valence-electron chi connectivity index (χ1n) is 5.32. The van der Waals surface area contributed by atoms with Crippen molar-refractivity contribution in [3.05, 3.63) is 28.8 Å². The highest BCUT2D eigenvalue weighted by Gasteiger charge is 2.07. The Morgan fingerprint density at radius 2 is 2.19 bits per heavy atom. The predicted molar refractivity (Wildman–Crippen MR) is 69.4 cm³/mol. The third-order valence-electron chi connectivity index (χ3n) is 2.46. The molecule has 0 bridgehead atoms. The van der Waals surface area contributed by atoms with Crippen LogP contribution in [-0.2, 0) is 11.3 Å². The van der Waals surface area contributed by atoms with E-state index in [4.69, 9.17) is 16.3 Å². The summed E-state index contributed by atoms with van der Waals surface area (Å²) in [6.45, 7) is 2.40. The summed E-state index contributed by atoms with van der Waals surface area (Å²) in [5.41, 5.74) is 2.39. The lowest BCUT2D eigenvalue weighted by Crippen LogP contribution is -2.24. The molecule has 16 heavy (non-hydrogen) atoms. The van der Waals surface area contributed by atoms with Gasteiger partial charge < -0.3 is 15.0 Å². The first-order valence-corrected chi connectivity index (χ1v) is 5.70. The van der Waals surface area contributed by atoms with Gasteiger partial charge in [0.25, 0.3) is 0 Å². The molecule has 0 saturated carbocycles. The van der Waals surface area contributed by atoms with Gasteiger partial charge in [-0.3, -0.25) is 0 Å². The molecule has 0 spiro atoms. The summed E-state index contributed by atoms with van der Waals surface area (Å²) in [4.78, 5) is 2.15. The molecule has 0 heterocycles. The van der Waals surface area contributed by atoms with Gasteiger partial charge in [-0.1, -0.05) is 17.7 Å². The van der Waals surface area contributed by atoms with Gasteiger partial charge in [0, 0.05) is 38.0 Å². The molecule has 1 rings (SSSR count). The Kier molecular flexibility index (Phi) is 5.60. The quantitative estimate of drug-likeness (QED) is 0.827. The number of nitrogens with zero attached hydrogens (tertiary/aromatic N) is 1. The second-order valence-corrected chi connectivity index (χ2v) is 4.15. The molecule has 0 unspecified atom stereocenters. The van der Waals surface area contributed by atoms with Gasteiger partial charge in [0.1, 0.15) is 0 Å². The Hall–Kier alpha value is -0.770. The molecule has 1 aromatic rings. The SMILES string of the molecule is CNCc1ccc(Cl)cc1N(C)CCOC. The highest BCUT2D eigenvalue weighted by molar-refractivity contribution is 6.30. The summed E-state index contributed by atoms with van der Waals surface area (Å²) >= 11 is 6.02. The Morgan fingerprint density at radius 1 is 1.44 bits per heavy atom. The maximum Gasteiger partial charge on any atom is 0.0637 e. The lowest BCUT2D eigenvalue weighted by atomic mass is 10.1. The van der Waals surface area contributed by atoms with Gasteiger partial charge >= 0.3 is 0 Å². The second kappa shape index (κ2) is 6.74. The van der Waals surface area contributed by atoms with E-state index in [9.17, 15) is 0 Å². The fraction of sp³-hybridized carbons (Fsp3) is 0.500. The van der Waals surface area contributed by atoms with E-state index < -0.39 is 0 Å². The number of halogens is 1. The van der Waals surface area contributed by atoms with E-state index in [2.05, 4.69) is 16.3 Å². The average Bonchev–Trinajstić information content (AvgIpc) is 2.28. The Labute approximate surface area is 102 Å². The lowest BCUT2D eigenvalue weighted by Gasteiger charge is -2.22. The number of methoxy groups -OCH3 is 1. The van der Waals surface area contributed by atoms with Crippen molar-refractivity contribution in [1.29, 1.82) is 0 Å². The summed E-state index contributed by atoms with van der Waals surface area (Å²) in [5, 5.41) is 3.92. The van der Waals surface area contributed by atoms with Crippen molar-refractivity contribution in [2.45, 2.75) is 6.54 Å². The minimum Gasteiger partial charge on any atom is -0.383 e. The monoisotopic (exact) mass is 242 g/mol. The molecule has 0 amide bonds. The standard InChI is InChI=1S/C12H19ClN2O/c1-14-9-10-4-5-11(13)8-12(10)15(2)6-7-16-3/h4-5,8,14H,6-7,9H2,1-3H3. The number of hydrogen-bond acceptors (Lipinski definition) is 3. The van der Waals surface area contributed by atoms with Crippen LogP contribution in [0.25, 0.3) is 0 Å². The highest BCUT2D eigenvalue weighted by Crippen LogP contribution is 2.23. The summed E-state index contributed by atoms with van der Waals surface area (Å²) in [5.74, 6) is 0. The fourth-order valence-corrected chi connectivity index (χ4v) is 1.75. The minimum atomic E-state index is 0.710. The summed E-state index contributed by atoms with van der Waals surface area (Å²) in [7, 11) is 5.69. The van der Waals surface area contributed by atoms with Crippen molar-refractivity contribution in [2.24, 2.45) is 0 Å². The van der Waals surface area contributed by atoms with Gasteiger partial charge in [0.15, 0.2) is 0 Å². The van der Waals surface area contributed by atoms with Gasteiger partial charge in [0.2, 0.25) is 0 Å². The number of nitrogens with one attached hydrogen (secondary N) is 1.